The summed E-state index contributed by atoms with van der Waals surface area (Å²) in [6.45, 7) is 5.88. The second-order valence-electron chi connectivity index (χ2n) is 4.59. The Bertz CT molecular complexity index is 611. The van der Waals surface area contributed by atoms with Crippen molar-refractivity contribution in [3.05, 3.63) is 52.5 Å². The van der Waals surface area contributed by atoms with E-state index in [1.165, 1.54) is 0 Å². The number of furan rings is 1. The lowest BCUT2D eigenvalue weighted by atomic mass is 10.1. The number of hydrogen-bond acceptors (Lipinski definition) is 3. The van der Waals surface area contributed by atoms with Crippen LogP contribution < -0.4 is 4.74 Å². The van der Waals surface area contributed by atoms with Crippen LogP contribution in [0.2, 0.25) is 0 Å². The van der Waals surface area contributed by atoms with Crippen molar-refractivity contribution in [1.82, 2.24) is 0 Å². The molecule has 0 saturated carbocycles. The third-order valence-electron chi connectivity index (χ3n) is 2.88. The first-order valence-corrected chi connectivity index (χ1v) is 6.00. The largest absolute Gasteiger partial charge is 0.485 e. The van der Waals surface area contributed by atoms with Gasteiger partial charge in [0.05, 0.1) is 0 Å². The SMILES string of the molecule is Cc1ccc(C)c(OCc2cc(C)c(C(=O)O)o2)c1. The number of carbonyl (C=O) groups is 1. The Morgan fingerprint density at radius 2 is 1.95 bits per heavy atom. The summed E-state index contributed by atoms with van der Waals surface area (Å²) >= 11 is 0. The lowest BCUT2D eigenvalue weighted by Crippen LogP contribution is -1.97. The van der Waals surface area contributed by atoms with Crippen molar-refractivity contribution in [2.75, 3.05) is 0 Å². The monoisotopic (exact) mass is 260 g/mol. The van der Waals surface area contributed by atoms with Crippen LogP contribution in [0.1, 0.15) is 33.0 Å². The number of hydrogen-bond donors (Lipinski definition) is 1. The molecule has 0 unspecified atom stereocenters. The first-order valence-electron chi connectivity index (χ1n) is 6.00. The number of rotatable bonds is 4. The van der Waals surface area contributed by atoms with Gasteiger partial charge >= 0.3 is 5.97 Å². The van der Waals surface area contributed by atoms with Crippen molar-refractivity contribution in [2.45, 2.75) is 27.4 Å². The normalized spacial score (nSPS) is 10.5. The first-order chi connectivity index (χ1) is 8.97. The maximum Gasteiger partial charge on any atom is 0.372 e. The summed E-state index contributed by atoms with van der Waals surface area (Å²) in [7, 11) is 0. The average Bonchev–Trinajstić information content (AvgIpc) is 2.72. The maximum atomic E-state index is 10.9. The lowest BCUT2D eigenvalue weighted by molar-refractivity contribution is 0.0657. The second-order valence-corrected chi connectivity index (χ2v) is 4.59. The highest BCUT2D eigenvalue weighted by atomic mass is 16.5. The summed E-state index contributed by atoms with van der Waals surface area (Å²) in [5.41, 5.74) is 2.75. The van der Waals surface area contributed by atoms with Gasteiger partial charge in [-0.2, -0.15) is 0 Å². The van der Waals surface area contributed by atoms with Crippen molar-refractivity contribution in [2.24, 2.45) is 0 Å². The van der Waals surface area contributed by atoms with E-state index in [4.69, 9.17) is 14.3 Å². The smallest absolute Gasteiger partial charge is 0.372 e. The van der Waals surface area contributed by atoms with Gasteiger partial charge in [-0.05, 0) is 44.0 Å². The molecule has 4 nitrogen and oxygen atoms in total. The number of benzene rings is 1. The molecule has 1 aromatic heterocycles. The molecule has 19 heavy (non-hydrogen) atoms. The van der Waals surface area contributed by atoms with E-state index in [0.717, 1.165) is 16.9 Å². The Morgan fingerprint density at radius 3 is 2.58 bits per heavy atom. The van der Waals surface area contributed by atoms with Crippen molar-refractivity contribution in [1.29, 1.82) is 0 Å². The van der Waals surface area contributed by atoms with Crippen LogP contribution in [0.3, 0.4) is 0 Å². The summed E-state index contributed by atoms with van der Waals surface area (Å²) in [5, 5.41) is 8.91. The van der Waals surface area contributed by atoms with Crippen LogP contribution in [0.5, 0.6) is 5.75 Å². The molecular weight excluding hydrogens is 244 g/mol. The molecule has 2 aromatic rings. The van der Waals surface area contributed by atoms with Crippen LogP contribution in [0.25, 0.3) is 0 Å². The van der Waals surface area contributed by atoms with Gasteiger partial charge in [0.25, 0.3) is 0 Å². The van der Waals surface area contributed by atoms with E-state index in [1.54, 1.807) is 13.0 Å². The maximum absolute atomic E-state index is 10.9. The van der Waals surface area contributed by atoms with Crippen molar-refractivity contribution >= 4 is 5.97 Å². The fourth-order valence-electron chi connectivity index (χ4n) is 1.84. The summed E-state index contributed by atoms with van der Waals surface area (Å²) in [5.74, 6) is 0.205. The van der Waals surface area contributed by atoms with Gasteiger partial charge in [0, 0.05) is 5.56 Å². The van der Waals surface area contributed by atoms with Gasteiger partial charge in [0.2, 0.25) is 5.76 Å². The van der Waals surface area contributed by atoms with Crippen molar-refractivity contribution < 1.29 is 19.1 Å². The van der Waals surface area contributed by atoms with Gasteiger partial charge in [-0.25, -0.2) is 4.79 Å². The topological polar surface area (TPSA) is 59.7 Å². The fourth-order valence-corrected chi connectivity index (χ4v) is 1.84. The van der Waals surface area contributed by atoms with E-state index in [9.17, 15) is 4.79 Å². The number of ether oxygens (including phenoxy) is 1. The molecule has 0 aliphatic rings. The van der Waals surface area contributed by atoms with Gasteiger partial charge in [-0.3, -0.25) is 0 Å². The molecule has 0 spiro atoms. The molecule has 4 heteroatoms. The van der Waals surface area contributed by atoms with Crippen LogP contribution in [-0.4, -0.2) is 11.1 Å². The van der Waals surface area contributed by atoms with E-state index < -0.39 is 5.97 Å². The molecule has 0 amide bonds. The number of aromatic carboxylic acids is 1. The molecule has 0 aliphatic carbocycles. The van der Waals surface area contributed by atoms with Gasteiger partial charge in [0.1, 0.15) is 18.1 Å². The zero-order chi connectivity index (χ0) is 14.0. The summed E-state index contributed by atoms with van der Waals surface area (Å²) < 4.78 is 10.9. The van der Waals surface area contributed by atoms with Gasteiger partial charge in [-0.1, -0.05) is 12.1 Å². The van der Waals surface area contributed by atoms with Crippen LogP contribution in [0, 0.1) is 20.8 Å². The van der Waals surface area contributed by atoms with Gasteiger partial charge < -0.3 is 14.3 Å². The van der Waals surface area contributed by atoms with Crippen LogP contribution >= 0.6 is 0 Å². The van der Waals surface area contributed by atoms with Gasteiger partial charge in [0.15, 0.2) is 0 Å². The zero-order valence-corrected chi connectivity index (χ0v) is 11.2. The highest BCUT2D eigenvalue weighted by Crippen LogP contribution is 2.22. The molecule has 1 heterocycles. The summed E-state index contributed by atoms with van der Waals surface area (Å²) in [6.07, 6.45) is 0. The third kappa shape index (κ3) is 2.96. The van der Waals surface area contributed by atoms with E-state index in [2.05, 4.69) is 0 Å². The molecular formula is C15H16O4. The highest BCUT2D eigenvalue weighted by molar-refractivity contribution is 5.86. The highest BCUT2D eigenvalue weighted by Gasteiger charge is 2.14. The van der Waals surface area contributed by atoms with E-state index in [0.29, 0.717) is 11.3 Å². The standard InChI is InChI=1S/C15H16O4/c1-9-4-5-10(2)13(6-9)18-8-12-7-11(3)14(19-12)15(16)17/h4-7H,8H2,1-3H3,(H,16,17). The van der Waals surface area contributed by atoms with E-state index in [1.807, 2.05) is 32.0 Å². The zero-order valence-electron chi connectivity index (χ0n) is 11.2. The lowest BCUT2D eigenvalue weighted by Gasteiger charge is -2.08. The Morgan fingerprint density at radius 1 is 1.21 bits per heavy atom. The average molecular weight is 260 g/mol. The van der Waals surface area contributed by atoms with Crippen LogP contribution in [0.15, 0.2) is 28.7 Å². The summed E-state index contributed by atoms with van der Waals surface area (Å²) in [4.78, 5) is 10.9. The minimum atomic E-state index is -1.06. The fraction of sp³-hybridized carbons (Fsp3) is 0.267. The molecule has 1 N–H and O–H groups in total. The molecule has 0 saturated heterocycles. The van der Waals surface area contributed by atoms with Crippen LogP contribution in [0.4, 0.5) is 0 Å². The Kier molecular flexibility index (Phi) is 3.60. The van der Waals surface area contributed by atoms with Crippen molar-refractivity contribution in [3.63, 3.8) is 0 Å². The number of aryl methyl sites for hydroxylation is 3. The molecule has 2 rings (SSSR count). The quantitative estimate of drug-likeness (QED) is 0.914. The predicted molar refractivity (Wildman–Crippen MR) is 70.7 cm³/mol. The minimum Gasteiger partial charge on any atom is -0.485 e. The number of carboxylic acids is 1. The second kappa shape index (κ2) is 5.18. The first kappa shape index (κ1) is 13.2. The molecule has 0 fully saturated rings. The predicted octanol–water partition coefficient (Wildman–Crippen LogP) is 3.48. The number of carboxylic acid groups (broad SMARTS) is 1. The molecule has 0 atom stereocenters. The molecule has 100 valence electrons. The third-order valence-corrected chi connectivity index (χ3v) is 2.88. The van der Waals surface area contributed by atoms with E-state index in [-0.39, 0.29) is 12.4 Å². The molecule has 1 aromatic carbocycles. The Balaban J connectivity index is 2.12. The van der Waals surface area contributed by atoms with E-state index >= 15 is 0 Å². The van der Waals surface area contributed by atoms with Crippen LogP contribution in [-0.2, 0) is 6.61 Å². The Labute approximate surface area is 111 Å². The molecule has 0 radical (unpaired) electrons. The molecule has 0 aliphatic heterocycles. The summed E-state index contributed by atoms with van der Waals surface area (Å²) in [6, 6.07) is 7.64. The molecule has 0 bridgehead atoms. The Hall–Kier alpha value is -2.23. The minimum absolute atomic E-state index is 0.0282. The van der Waals surface area contributed by atoms with Gasteiger partial charge in [-0.15, -0.1) is 0 Å². The van der Waals surface area contributed by atoms with Crippen molar-refractivity contribution in [3.8, 4) is 5.75 Å².